The summed E-state index contributed by atoms with van der Waals surface area (Å²) < 4.78 is 8.60. The topological polar surface area (TPSA) is 56.7 Å². The van der Waals surface area contributed by atoms with Crippen molar-refractivity contribution in [3.05, 3.63) is 180 Å². The van der Waals surface area contributed by atoms with Crippen LogP contribution >= 0.6 is 0 Å². The van der Waals surface area contributed by atoms with Crippen molar-refractivity contribution in [1.82, 2.24) is 19.5 Å². The zero-order valence-electron chi connectivity index (χ0n) is 27.4. The second-order valence-corrected chi connectivity index (χ2v) is 13.1. The van der Waals surface area contributed by atoms with Gasteiger partial charge in [0.15, 0.2) is 11.6 Å². The molecular formula is C46H28N4O. The van der Waals surface area contributed by atoms with E-state index in [9.17, 15) is 0 Å². The van der Waals surface area contributed by atoms with E-state index in [0.717, 1.165) is 54.9 Å². The molecule has 0 saturated carbocycles. The minimum Gasteiger partial charge on any atom is -0.456 e. The van der Waals surface area contributed by atoms with E-state index in [2.05, 4.69) is 138 Å². The molecule has 0 fully saturated rings. The van der Waals surface area contributed by atoms with Crippen LogP contribution in [0.1, 0.15) is 22.6 Å². The number of fused-ring (bicyclic) bond motifs is 10. The van der Waals surface area contributed by atoms with Crippen LogP contribution in [0.4, 0.5) is 0 Å². The Morgan fingerprint density at radius 1 is 0.471 bits per heavy atom. The van der Waals surface area contributed by atoms with E-state index in [-0.39, 0.29) is 5.92 Å². The predicted molar refractivity (Wildman–Crippen MR) is 205 cm³/mol. The van der Waals surface area contributed by atoms with E-state index in [1.807, 2.05) is 30.3 Å². The first kappa shape index (κ1) is 28.0. The SMILES string of the molecule is c1ccc(-c2nc(-c3cccc4c3-c3ccccc3C4c3ccccc3)nc(-n3c4ccccc4c4ccc5oc6ccccc6c5c43)n2)cc1. The van der Waals surface area contributed by atoms with Gasteiger partial charge < -0.3 is 4.42 Å². The fourth-order valence-corrected chi connectivity index (χ4v) is 8.22. The van der Waals surface area contributed by atoms with Crippen molar-refractivity contribution in [1.29, 1.82) is 0 Å². The molecule has 51 heavy (non-hydrogen) atoms. The van der Waals surface area contributed by atoms with Crippen LogP contribution < -0.4 is 0 Å². The van der Waals surface area contributed by atoms with Crippen molar-refractivity contribution < 1.29 is 4.42 Å². The molecule has 0 bridgehead atoms. The maximum atomic E-state index is 6.40. The van der Waals surface area contributed by atoms with E-state index in [1.165, 1.54) is 27.8 Å². The molecule has 7 aromatic carbocycles. The highest BCUT2D eigenvalue weighted by molar-refractivity contribution is 6.24. The quantitative estimate of drug-likeness (QED) is 0.190. The second kappa shape index (κ2) is 10.8. The van der Waals surface area contributed by atoms with Crippen LogP contribution in [-0.4, -0.2) is 19.5 Å². The van der Waals surface area contributed by atoms with Crippen molar-refractivity contribution in [3.63, 3.8) is 0 Å². The molecule has 0 amide bonds. The van der Waals surface area contributed by atoms with Gasteiger partial charge in [0.25, 0.3) is 0 Å². The van der Waals surface area contributed by atoms with Gasteiger partial charge in [-0.25, -0.2) is 4.98 Å². The number of furan rings is 1. The van der Waals surface area contributed by atoms with E-state index >= 15 is 0 Å². The van der Waals surface area contributed by atoms with Crippen LogP contribution in [0.3, 0.4) is 0 Å². The van der Waals surface area contributed by atoms with Crippen molar-refractivity contribution in [2.45, 2.75) is 5.92 Å². The summed E-state index contributed by atoms with van der Waals surface area (Å²) in [6, 6.07) is 57.2. The standard InChI is InChI=1S/C46H28N4O/c1-3-14-28(15-4-1)40-31-19-7-8-20-32(31)41-35(40)22-13-23-36(41)45-47-44(29-16-5-2-6-17-29)48-46(49-45)50-37-24-11-9-18-30(37)33-26-27-39-42(43(33)50)34-21-10-12-25-38(34)51-39/h1-27,40H. The number of benzene rings is 7. The molecule has 0 aliphatic heterocycles. The average molecular weight is 653 g/mol. The van der Waals surface area contributed by atoms with E-state index in [0.29, 0.717) is 17.6 Å². The summed E-state index contributed by atoms with van der Waals surface area (Å²) >= 11 is 0. The van der Waals surface area contributed by atoms with Crippen LogP contribution in [0.2, 0.25) is 0 Å². The van der Waals surface area contributed by atoms with Gasteiger partial charge in [-0.2, -0.15) is 9.97 Å². The molecule has 3 heterocycles. The van der Waals surface area contributed by atoms with Crippen LogP contribution in [0.15, 0.2) is 168 Å². The first-order valence-electron chi connectivity index (χ1n) is 17.2. The minimum absolute atomic E-state index is 0.118. The Morgan fingerprint density at radius 3 is 2.04 bits per heavy atom. The van der Waals surface area contributed by atoms with Gasteiger partial charge in [0.2, 0.25) is 5.95 Å². The molecule has 5 heteroatoms. The number of nitrogens with zero attached hydrogens (tertiary/aromatic N) is 4. The highest BCUT2D eigenvalue weighted by atomic mass is 16.3. The van der Waals surface area contributed by atoms with Crippen molar-refractivity contribution in [2.75, 3.05) is 0 Å². The normalized spacial score (nSPS) is 13.7. The summed E-state index contributed by atoms with van der Waals surface area (Å²) in [4.78, 5) is 15.9. The third-order valence-electron chi connectivity index (χ3n) is 10.4. The van der Waals surface area contributed by atoms with Crippen LogP contribution in [0.25, 0.3) is 83.6 Å². The molecule has 0 saturated heterocycles. The zero-order chi connectivity index (χ0) is 33.5. The van der Waals surface area contributed by atoms with E-state index in [4.69, 9.17) is 19.4 Å². The van der Waals surface area contributed by atoms with E-state index < -0.39 is 0 Å². The summed E-state index contributed by atoms with van der Waals surface area (Å²) in [6.45, 7) is 0. The highest BCUT2D eigenvalue weighted by Crippen LogP contribution is 2.51. The van der Waals surface area contributed by atoms with Crippen molar-refractivity contribution >= 4 is 43.7 Å². The summed E-state index contributed by atoms with van der Waals surface area (Å²) in [5.41, 5.74) is 11.8. The third kappa shape index (κ3) is 4.12. The molecule has 11 rings (SSSR count). The largest absolute Gasteiger partial charge is 0.456 e. The lowest BCUT2D eigenvalue weighted by atomic mass is 9.89. The summed E-state index contributed by atoms with van der Waals surface area (Å²) in [6.07, 6.45) is 0. The van der Waals surface area contributed by atoms with Crippen LogP contribution in [0.5, 0.6) is 0 Å². The molecule has 0 N–H and O–H groups in total. The van der Waals surface area contributed by atoms with Crippen LogP contribution in [-0.2, 0) is 0 Å². The fourth-order valence-electron chi connectivity index (χ4n) is 8.22. The fraction of sp³-hybridized carbons (Fsp3) is 0.0217. The molecular weight excluding hydrogens is 625 g/mol. The molecule has 0 radical (unpaired) electrons. The molecule has 1 unspecified atom stereocenters. The Labute approximate surface area is 293 Å². The number of hydrogen-bond acceptors (Lipinski definition) is 4. The monoisotopic (exact) mass is 652 g/mol. The Balaban J connectivity index is 1.24. The van der Waals surface area contributed by atoms with E-state index in [1.54, 1.807) is 0 Å². The summed E-state index contributed by atoms with van der Waals surface area (Å²) in [5, 5.41) is 4.35. The predicted octanol–water partition coefficient (Wildman–Crippen LogP) is 11.4. The smallest absolute Gasteiger partial charge is 0.238 e. The Kier molecular flexibility index (Phi) is 5.95. The van der Waals surface area contributed by atoms with Gasteiger partial charge in [0.05, 0.1) is 16.4 Å². The molecule has 5 nitrogen and oxygen atoms in total. The van der Waals surface area contributed by atoms with Gasteiger partial charge in [-0.3, -0.25) is 4.57 Å². The minimum atomic E-state index is 0.118. The number of aromatic nitrogens is 4. The number of rotatable bonds is 4. The number of para-hydroxylation sites is 2. The molecule has 0 spiro atoms. The van der Waals surface area contributed by atoms with Crippen LogP contribution in [0, 0.1) is 0 Å². The summed E-state index contributed by atoms with van der Waals surface area (Å²) in [5.74, 6) is 1.93. The molecule has 10 aromatic rings. The number of hydrogen-bond donors (Lipinski definition) is 0. The first-order valence-corrected chi connectivity index (χ1v) is 17.2. The zero-order valence-corrected chi connectivity index (χ0v) is 27.4. The Morgan fingerprint density at radius 2 is 1.16 bits per heavy atom. The second-order valence-electron chi connectivity index (χ2n) is 13.1. The van der Waals surface area contributed by atoms with Gasteiger partial charge in [-0.15, -0.1) is 0 Å². The lowest BCUT2D eigenvalue weighted by Crippen LogP contribution is -2.07. The highest BCUT2D eigenvalue weighted by Gasteiger charge is 2.32. The molecule has 1 aliphatic rings. The Hall–Kier alpha value is -6.85. The van der Waals surface area contributed by atoms with Crippen molar-refractivity contribution in [2.24, 2.45) is 0 Å². The molecule has 1 aliphatic carbocycles. The van der Waals surface area contributed by atoms with Crippen molar-refractivity contribution in [3.8, 4) is 39.9 Å². The molecule has 1 atom stereocenters. The molecule has 238 valence electrons. The first-order chi connectivity index (χ1) is 25.3. The van der Waals surface area contributed by atoms with Gasteiger partial charge in [0, 0.05) is 33.2 Å². The maximum absolute atomic E-state index is 6.40. The van der Waals surface area contributed by atoms with Gasteiger partial charge in [-0.05, 0) is 52.1 Å². The van der Waals surface area contributed by atoms with Gasteiger partial charge in [0.1, 0.15) is 11.2 Å². The van der Waals surface area contributed by atoms with Gasteiger partial charge >= 0.3 is 0 Å². The summed E-state index contributed by atoms with van der Waals surface area (Å²) in [7, 11) is 0. The lowest BCUT2D eigenvalue weighted by Gasteiger charge is -2.15. The maximum Gasteiger partial charge on any atom is 0.238 e. The average Bonchev–Trinajstić information content (AvgIpc) is 3.86. The van der Waals surface area contributed by atoms with Gasteiger partial charge in [-0.1, -0.05) is 140 Å². The molecule has 3 aromatic heterocycles. The third-order valence-corrected chi connectivity index (χ3v) is 10.4. The Bertz CT molecular complexity index is 2980. The lowest BCUT2D eigenvalue weighted by molar-refractivity contribution is 0.669.